The van der Waals surface area contributed by atoms with Crippen LogP contribution in [0.1, 0.15) is 51.4 Å². The minimum atomic E-state index is -3.43. The van der Waals surface area contributed by atoms with Gasteiger partial charge in [-0.2, -0.15) is 4.31 Å². The summed E-state index contributed by atoms with van der Waals surface area (Å²) in [4.78, 5) is 15.1. The Labute approximate surface area is 174 Å². The molecule has 1 saturated carbocycles. The number of rotatable bonds is 5. The van der Waals surface area contributed by atoms with Crippen molar-refractivity contribution >= 4 is 21.6 Å². The van der Waals surface area contributed by atoms with Gasteiger partial charge in [0.2, 0.25) is 15.9 Å². The molecule has 2 heterocycles. The van der Waals surface area contributed by atoms with Crippen LogP contribution in [0, 0.1) is 11.8 Å². The molecule has 29 heavy (non-hydrogen) atoms. The number of fused-ring (bicyclic) bond motifs is 1. The molecule has 1 N–H and O–H groups in total. The SMILES string of the molecule is O=C(CN1CC[C@H]2CCCC[C@@H]2C1)Nc1ccc(S(=O)(=O)N2CCCCC2)cc1. The Bertz CT molecular complexity index is 803. The number of piperidine rings is 2. The highest BCUT2D eigenvalue weighted by Gasteiger charge is 2.31. The van der Waals surface area contributed by atoms with Crippen LogP contribution in [0.25, 0.3) is 0 Å². The molecule has 0 radical (unpaired) electrons. The third-order valence-corrected chi connectivity index (χ3v) is 8.75. The van der Waals surface area contributed by atoms with Crippen LogP contribution >= 0.6 is 0 Å². The summed E-state index contributed by atoms with van der Waals surface area (Å²) in [6, 6.07) is 6.60. The topological polar surface area (TPSA) is 69.7 Å². The van der Waals surface area contributed by atoms with Gasteiger partial charge in [-0.05, 0) is 68.3 Å². The number of nitrogens with one attached hydrogen (secondary N) is 1. The maximum absolute atomic E-state index is 12.7. The molecule has 1 amide bonds. The molecule has 2 aliphatic heterocycles. The fourth-order valence-electron chi connectivity index (χ4n) is 5.19. The summed E-state index contributed by atoms with van der Waals surface area (Å²) >= 11 is 0. The maximum atomic E-state index is 12.7. The van der Waals surface area contributed by atoms with E-state index in [9.17, 15) is 13.2 Å². The Morgan fingerprint density at radius 2 is 1.59 bits per heavy atom. The van der Waals surface area contributed by atoms with Crippen molar-refractivity contribution in [1.82, 2.24) is 9.21 Å². The zero-order valence-electron chi connectivity index (χ0n) is 17.2. The largest absolute Gasteiger partial charge is 0.325 e. The molecule has 1 aromatic carbocycles. The van der Waals surface area contributed by atoms with E-state index in [1.54, 1.807) is 28.6 Å². The first kappa shape index (κ1) is 20.8. The van der Waals surface area contributed by atoms with Gasteiger partial charge in [-0.3, -0.25) is 9.69 Å². The van der Waals surface area contributed by atoms with Crippen LogP contribution in [-0.4, -0.2) is 56.3 Å². The molecule has 2 saturated heterocycles. The molecule has 4 rings (SSSR count). The van der Waals surface area contributed by atoms with E-state index in [0.29, 0.717) is 30.2 Å². The quantitative estimate of drug-likeness (QED) is 0.795. The Balaban J connectivity index is 1.31. The fraction of sp³-hybridized carbons (Fsp3) is 0.682. The number of hydrogen-bond acceptors (Lipinski definition) is 4. The highest BCUT2D eigenvalue weighted by atomic mass is 32.2. The van der Waals surface area contributed by atoms with Crippen LogP contribution in [0.4, 0.5) is 5.69 Å². The van der Waals surface area contributed by atoms with Gasteiger partial charge in [0.15, 0.2) is 0 Å². The van der Waals surface area contributed by atoms with Crippen molar-refractivity contribution in [3.8, 4) is 0 Å². The summed E-state index contributed by atoms with van der Waals surface area (Å²) in [6.07, 6.45) is 9.50. The minimum Gasteiger partial charge on any atom is -0.325 e. The molecule has 0 aromatic heterocycles. The van der Waals surface area contributed by atoms with E-state index in [0.717, 1.165) is 44.2 Å². The van der Waals surface area contributed by atoms with Crippen LogP contribution in [0.5, 0.6) is 0 Å². The predicted octanol–water partition coefficient (Wildman–Crippen LogP) is 3.31. The van der Waals surface area contributed by atoms with Gasteiger partial charge in [0, 0.05) is 25.3 Å². The maximum Gasteiger partial charge on any atom is 0.243 e. The molecule has 7 heteroatoms. The van der Waals surface area contributed by atoms with Crippen molar-refractivity contribution < 1.29 is 13.2 Å². The number of likely N-dealkylation sites (tertiary alicyclic amines) is 1. The Morgan fingerprint density at radius 1 is 0.897 bits per heavy atom. The molecule has 1 aromatic rings. The molecule has 3 fully saturated rings. The van der Waals surface area contributed by atoms with Gasteiger partial charge in [-0.1, -0.05) is 25.7 Å². The van der Waals surface area contributed by atoms with Gasteiger partial charge >= 0.3 is 0 Å². The summed E-state index contributed by atoms with van der Waals surface area (Å²) in [7, 11) is -3.43. The molecule has 3 aliphatic rings. The van der Waals surface area contributed by atoms with Gasteiger partial charge in [0.25, 0.3) is 0 Å². The van der Waals surface area contributed by atoms with E-state index >= 15 is 0 Å². The highest BCUT2D eigenvalue weighted by molar-refractivity contribution is 7.89. The lowest BCUT2D eigenvalue weighted by molar-refractivity contribution is -0.118. The lowest BCUT2D eigenvalue weighted by Crippen LogP contribution is -2.44. The smallest absolute Gasteiger partial charge is 0.243 e. The molecule has 160 valence electrons. The fourth-order valence-corrected chi connectivity index (χ4v) is 6.71. The lowest BCUT2D eigenvalue weighted by Gasteiger charge is -2.41. The Hall–Kier alpha value is -1.44. The molecule has 1 aliphatic carbocycles. The first-order valence-electron chi connectivity index (χ1n) is 11.1. The van der Waals surface area contributed by atoms with Gasteiger partial charge in [-0.15, -0.1) is 0 Å². The second kappa shape index (κ2) is 9.14. The number of hydrogen-bond donors (Lipinski definition) is 1. The van der Waals surface area contributed by atoms with Crippen LogP contribution < -0.4 is 5.32 Å². The average molecular weight is 420 g/mol. The van der Waals surface area contributed by atoms with Crippen molar-refractivity contribution in [2.75, 3.05) is 38.0 Å². The molecule has 0 bridgehead atoms. The number of benzene rings is 1. The standard InChI is InChI=1S/C22H33N3O3S/c26-22(17-24-15-12-18-6-2-3-7-19(18)16-24)23-20-8-10-21(11-9-20)29(27,28)25-13-4-1-5-14-25/h8-11,18-19H,1-7,12-17H2,(H,23,26)/t18-,19-/m1/s1. The van der Waals surface area contributed by atoms with E-state index in [4.69, 9.17) is 0 Å². The van der Waals surface area contributed by atoms with Crippen molar-refractivity contribution in [2.45, 2.75) is 56.3 Å². The molecule has 0 unspecified atom stereocenters. The third kappa shape index (κ3) is 5.01. The normalized spacial score (nSPS) is 26.6. The molecular weight excluding hydrogens is 386 g/mol. The van der Waals surface area contributed by atoms with Crippen LogP contribution in [0.3, 0.4) is 0 Å². The number of nitrogens with zero attached hydrogens (tertiary/aromatic N) is 2. The lowest BCUT2D eigenvalue weighted by atomic mass is 9.75. The summed E-state index contributed by atoms with van der Waals surface area (Å²) in [6.45, 7) is 3.64. The van der Waals surface area contributed by atoms with Crippen LogP contribution in [0.15, 0.2) is 29.2 Å². The van der Waals surface area contributed by atoms with Crippen molar-refractivity contribution in [1.29, 1.82) is 0 Å². The minimum absolute atomic E-state index is 0.0223. The van der Waals surface area contributed by atoms with Gasteiger partial charge < -0.3 is 5.32 Å². The zero-order chi connectivity index (χ0) is 20.3. The second-order valence-corrected chi connectivity index (χ2v) is 10.8. The monoisotopic (exact) mass is 419 g/mol. The zero-order valence-corrected chi connectivity index (χ0v) is 18.0. The van der Waals surface area contributed by atoms with E-state index in [2.05, 4.69) is 10.2 Å². The van der Waals surface area contributed by atoms with Crippen molar-refractivity contribution in [3.05, 3.63) is 24.3 Å². The first-order valence-corrected chi connectivity index (χ1v) is 12.6. The van der Waals surface area contributed by atoms with Crippen molar-refractivity contribution in [3.63, 3.8) is 0 Å². The summed E-state index contributed by atoms with van der Waals surface area (Å²) in [5, 5.41) is 2.93. The molecule has 6 nitrogen and oxygen atoms in total. The number of carbonyl (C=O) groups is 1. The van der Waals surface area contributed by atoms with E-state index in [1.165, 1.54) is 32.1 Å². The van der Waals surface area contributed by atoms with Crippen molar-refractivity contribution in [2.24, 2.45) is 11.8 Å². The van der Waals surface area contributed by atoms with Gasteiger partial charge in [-0.25, -0.2) is 8.42 Å². The van der Waals surface area contributed by atoms with Crippen LogP contribution in [-0.2, 0) is 14.8 Å². The van der Waals surface area contributed by atoms with Gasteiger partial charge in [0.05, 0.1) is 11.4 Å². The summed E-state index contributed by atoms with van der Waals surface area (Å²) < 4.78 is 27.0. The molecule has 0 spiro atoms. The Kier molecular flexibility index (Phi) is 6.56. The number of anilines is 1. The second-order valence-electron chi connectivity index (χ2n) is 8.87. The third-order valence-electron chi connectivity index (χ3n) is 6.83. The molecule has 2 atom stereocenters. The average Bonchev–Trinajstić information content (AvgIpc) is 2.74. The summed E-state index contributed by atoms with van der Waals surface area (Å²) in [5.41, 5.74) is 0.653. The van der Waals surface area contributed by atoms with E-state index in [1.807, 2.05) is 0 Å². The predicted molar refractivity (Wildman–Crippen MR) is 114 cm³/mol. The number of carbonyl (C=O) groups excluding carboxylic acids is 1. The van der Waals surface area contributed by atoms with E-state index in [-0.39, 0.29) is 5.91 Å². The Morgan fingerprint density at radius 3 is 2.31 bits per heavy atom. The number of amides is 1. The number of sulfonamides is 1. The highest BCUT2D eigenvalue weighted by Crippen LogP contribution is 2.35. The summed E-state index contributed by atoms with van der Waals surface area (Å²) in [5.74, 6) is 1.59. The molecular formula is C22H33N3O3S. The van der Waals surface area contributed by atoms with E-state index < -0.39 is 10.0 Å². The van der Waals surface area contributed by atoms with Crippen LogP contribution in [0.2, 0.25) is 0 Å². The van der Waals surface area contributed by atoms with Gasteiger partial charge in [0.1, 0.15) is 0 Å². The first-order chi connectivity index (χ1) is 14.0.